The third-order valence-electron chi connectivity index (χ3n) is 5.26. The molecule has 30 heavy (non-hydrogen) atoms. The van der Waals surface area contributed by atoms with Crippen molar-refractivity contribution in [1.29, 1.82) is 0 Å². The van der Waals surface area contributed by atoms with E-state index in [1.807, 2.05) is 24.3 Å². The van der Waals surface area contributed by atoms with Gasteiger partial charge in [0, 0.05) is 28.9 Å². The molecule has 0 bridgehead atoms. The quantitative estimate of drug-likeness (QED) is 0.607. The smallest absolute Gasteiger partial charge is 0.246 e. The number of nitrogens with one attached hydrogen (secondary N) is 2. The number of hydrogen-bond acceptors (Lipinski definition) is 4. The number of carbonyl (C=O) groups excluding carboxylic acids is 1. The molecule has 3 rings (SSSR count). The van der Waals surface area contributed by atoms with Crippen molar-refractivity contribution >= 4 is 43.2 Å². The molecule has 0 spiro atoms. The lowest BCUT2D eigenvalue weighted by Crippen LogP contribution is -2.33. The second kappa shape index (κ2) is 9.94. The van der Waals surface area contributed by atoms with Crippen LogP contribution in [0, 0.1) is 6.92 Å². The predicted octanol–water partition coefficient (Wildman–Crippen LogP) is 4.76. The maximum Gasteiger partial charge on any atom is 0.246 e. The zero-order chi connectivity index (χ0) is 21.7. The molecule has 0 saturated carbocycles. The second-order valence-electron chi connectivity index (χ2n) is 7.66. The van der Waals surface area contributed by atoms with Gasteiger partial charge in [0.15, 0.2) is 0 Å². The van der Waals surface area contributed by atoms with Gasteiger partial charge in [-0.2, -0.15) is 4.31 Å². The Kier molecular flexibility index (Phi) is 7.55. The van der Waals surface area contributed by atoms with Crippen LogP contribution in [0.15, 0.2) is 51.8 Å². The first kappa shape index (κ1) is 22.8. The van der Waals surface area contributed by atoms with E-state index in [1.165, 1.54) is 0 Å². The lowest BCUT2D eigenvalue weighted by molar-refractivity contribution is -0.116. The van der Waals surface area contributed by atoms with E-state index in [1.54, 1.807) is 36.4 Å². The van der Waals surface area contributed by atoms with Crippen LogP contribution in [-0.4, -0.2) is 37.8 Å². The minimum absolute atomic E-state index is 0.199. The zero-order valence-corrected chi connectivity index (χ0v) is 19.7. The Labute approximate surface area is 187 Å². The minimum Gasteiger partial charge on any atom is -0.374 e. The lowest BCUT2D eigenvalue weighted by Gasteiger charge is -2.22. The van der Waals surface area contributed by atoms with Gasteiger partial charge in [-0.05, 0) is 68.7 Å². The lowest BCUT2D eigenvalue weighted by atomic mass is 10.2. The maximum atomic E-state index is 13.2. The van der Waals surface area contributed by atoms with Crippen molar-refractivity contribution in [2.45, 2.75) is 50.5 Å². The number of benzene rings is 2. The van der Waals surface area contributed by atoms with Crippen LogP contribution in [0.5, 0.6) is 0 Å². The van der Waals surface area contributed by atoms with Crippen LogP contribution in [0.25, 0.3) is 0 Å². The minimum atomic E-state index is -3.56. The molecule has 1 fully saturated rings. The molecule has 2 aromatic rings. The third kappa shape index (κ3) is 5.62. The van der Waals surface area contributed by atoms with Gasteiger partial charge in [0.05, 0.1) is 4.90 Å². The number of amides is 1. The number of carbonyl (C=O) groups is 1. The third-order valence-corrected chi connectivity index (χ3v) is 7.83. The Bertz CT molecular complexity index is 985. The fourth-order valence-electron chi connectivity index (χ4n) is 3.49. The summed E-state index contributed by atoms with van der Waals surface area (Å²) in [7, 11) is -3.56. The van der Waals surface area contributed by atoms with Gasteiger partial charge in [-0.15, -0.1) is 0 Å². The number of rotatable bonds is 6. The highest BCUT2D eigenvalue weighted by molar-refractivity contribution is 9.10. The zero-order valence-electron chi connectivity index (χ0n) is 17.3. The topological polar surface area (TPSA) is 78.5 Å². The van der Waals surface area contributed by atoms with E-state index < -0.39 is 16.1 Å². The summed E-state index contributed by atoms with van der Waals surface area (Å²) in [5.74, 6) is -0.199. The van der Waals surface area contributed by atoms with Crippen LogP contribution in [0.1, 0.15) is 38.2 Å². The molecule has 2 aromatic carbocycles. The summed E-state index contributed by atoms with van der Waals surface area (Å²) in [5, 5.41) is 5.98. The number of aryl methyl sites for hydroxylation is 1. The summed E-state index contributed by atoms with van der Waals surface area (Å²) in [5.41, 5.74) is 2.01. The van der Waals surface area contributed by atoms with Crippen molar-refractivity contribution in [1.82, 2.24) is 4.31 Å². The molecule has 1 aliphatic rings. The first-order valence-electron chi connectivity index (χ1n) is 10.2. The standard InChI is InChI=1S/C22H28BrN3O3S/c1-16-7-10-20(15-21(16)30(28,29)26-13-5-3-4-6-14-26)24-17(2)22(27)25-19-11-8-18(23)9-12-19/h7-12,15,17,24H,3-6,13-14H2,1-2H3,(H,25,27). The van der Waals surface area contributed by atoms with Crippen molar-refractivity contribution in [2.75, 3.05) is 23.7 Å². The van der Waals surface area contributed by atoms with E-state index in [2.05, 4.69) is 26.6 Å². The summed E-state index contributed by atoms with van der Waals surface area (Å²) >= 11 is 3.37. The second-order valence-corrected chi connectivity index (χ2v) is 10.5. The van der Waals surface area contributed by atoms with Crippen molar-refractivity contribution in [3.8, 4) is 0 Å². The van der Waals surface area contributed by atoms with Gasteiger partial charge in [0.25, 0.3) is 0 Å². The monoisotopic (exact) mass is 493 g/mol. The van der Waals surface area contributed by atoms with Crippen molar-refractivity contribution < 1.29 is 13.2 Å². The van der Waals surface area contributed by atoms with E-state index in [0.29, 0.717) is 34.9 Å². The average molecular weight is 494 g/mol. The first-order valence-corrected chi connectivity index (χ1v) is 12.4. The Morgan fingerprint density at radius 2 is 1.60 bits per heavy atom. The summed E-state index contributed by atoms with van der Waals surface area (Å²) in [6, 6.07) is 12.0. The van der Waals surface area contributed by atoms with E-state index in [-0.39, 0.29) is 5.91 Å². The summed E-state index contributed by atoms with van der Waals surface area (Å²) < 4.78 is 29.0. The Morgan fingerprint density at radius 1 is 1.00 bits per heavy atom. The van der Waals surface area contributed by atoms with Crippen LogP contribution in [0.4, 0.5) is 11.4 Å². The van der Waals surface area contributed by atoms with Gasteiger partial charge < -0.3 is 10.6 Å². The van der Waals surface area contributed by atoms with E-state index in [9.17, 15) is 13.2 Å². The van der Waals surface area contributed by atoms with Gasteiger partial charge in [-0.25, -0.2) is 8.42 Å². The molecule has 6 nitrogen and oxygen atoms in total. The van der Waals surface area contributed by atoms with Crippen LogP contribution in [0.3, 0.4) is 0 Å². The summed E-state index contributed by atoms with van der Waals surface area (Å²) in [6.07, 6.45) is 3.92. The molecular weight excluding hydrogens is 466 g/mol. The Balaban J connectivity index is 1.74. The van der Waals surface area contributed by atoms with E-state index >= 15 is 0 Å². The highest BCUT2D eigenvalue weighted by Crippen LogP contribution is 2.26. The molecule has 1 saturated heterocycles. The average Bonchev–Trinajstić information content (AvgIpc) is 3.01. The van der Waals surface area contributed by atoms with E-state index in [0.717, 1.165) is 30.2 Å². The number of hydrogen-bond donors (Lipinski definition) is 2. The fraction of sp³-hybridized carbons (Fsp3) is 0.409. The van der Waals surface area contributed by atoms with Gasteiger partial charge in [-0.3, -0.25) is 4.79 Å². The predicted molar refractivity (Wildman–Crippen MR) is 124 cm³/mol. The van der Waals surface area contributed by atoms with Gasteiger partial charge in [-0.1, -0.05) is 34.8 Å². The SMILES string of the molecule is Cc1ccc(NC(C)C(=O)Nc2ccc(Br)cc2)cc1S(=O)(=O)N1CCCCCC1. The van der Waals surface area contributed by atoms with Gasteiger partial charge in [0.2, 0.25) is 15.9 Å². The molecule has 1 heterocycles. The summed E-state index contributed by atoms with van der Waals surface area (Å²) in [4.78, 5) is 12.8. The first-order chi connectivity index (χ1) is 14.3. The number of nitrogens with zero attached hydrogens (tertiary/aromatic N) is 1. The van der Waals surface area contributed by atoms with Gasteiger partial charge >= 0.3 is 0 Å². The molecule has 162 valence electrons. The van der Waals surface area contributed by atoms with Crippen molar-refractivity contribution in [2.24, 2.45) is 0 Å². The van der Waals surface area contributed by atoms with Crippen LogP contribution < -0.4 is 10.6 Å². The highest BCUT2D eigenvalue weighted by Gasteiger charge is 2.27. The molecule has 8 heteroatoms. The molecule has 0 radical (unpaired) electrons. The summed E-state index contributed by atoms with van der Waals surface area (Å²) in [6.45, 7) is 4.67. The van der Waals surface area contributed by atoms with Crippen LogP contribution >= 0.6 is 15.9 Å². The molecule has 1 atom stereocenters. The fourth-order valence-corrected chi connectivity index (χ4v) is 5.52. The van der Waals surface area contributed by atoms with E-state index in [4.69, 9.17) is 0 Å². The largest absolute Gasteiger partial charge is 0.374 e. The van der Waals surface area contributed by atoms with Crippen LogP contribution in [-0.2, 0) is 14.8 Å². The highest BCUT2D eigenvalue weighted by atomic mass is 79.9. The molecule has 1 amide bonds. The van der Waals surface area contributed by atoms with Crippen molar-refractivity contribution in [3.05, 3.63) is 52.5 Å². The van der Waals surface area contributed by atoms with Crippen molar-refractivity contribution in [3.63, 3.8) is 0 Å². The molecular formula is C22H28BrN3O3S. The Hall–Kier alpha value is -1.90. The molecule has 2 N–H and O–H groups in total. The molecule has 0 aromatic heterocycles. The van der Waals surface area contributed by atoms with Crippen LogP contribution in [0.2, 0.25) is 0 Å². The number of sulfonamides is 1. The maximum absolute atomic E-state index is 13.2. The number of halogens is 1. The Morgan fingerprint density at radius 3 is 2.23 bits per heavy atom. The normalized spacial score (nSPS) is 16.5. The molecule has 0 aliphatic carbocycles. The van der Waals surface area contributed by atoms with Gasteiger partial charge in [0.1, 0.15) is 6.04 Å². The number of anilines is 2. The molecule has 1 aliphatic heterocycles. The molecule has 1 unspecified atom stereocenters.